The molecule has 0 aromatic carbocycles. The summed E-state index contributed by atoms with van der Waals surface area (Å²) in [6.45, 7) is 7.64. The standard InChI is InChI=1S/C16H28N4/c1-5-17-13(2)16-7-6-15(12-18-16)20(4)14-8-10-19(3)11-9-14/h6-7,12-14,17H,5,8-11H2,1-4H3. The second kappa shape index (κ2) is 7.04. The van der Waals surface area contributed by atoms with Crippen LogP contribution in [0.4, 0.5) is 5.69 Å². The molecule has 2 heterocycles. The molecule has 0 aliphatic carbocycles. The number of anilines is 1. The van der Waals surface area contributed by atoms with E-state index in [0.29, 0.717) is 12.1 Å². The van der Waals surface area contributed by atoms with Gasteiger partial charge in [-0.25, -0.2) is 0 Å². The Morgan fingerprint density at radius 2 is 2.10 bits per heavy atom. The van der Waals surface area contributed by atoms with Gasteiger partial charge in [-0.2, -0.15) is 0 Å². The molecule has 4 nitrogen and oxygen atoms in total. The molecule has 0 amide bonds. The van der Waals surface area contributed by atoms with Crippen molar-refractivity contribution in [1.29, 1.82) is 0 Å². The predicted molar refractivity (Wildman–Crippen MR) is 85.3 cm³/mol. The van der Waals surface area contributed by atoms with Gasteiger partial charge in [-0.1, -0.05) is 6.92 Å². The smallest absolute Gasteiger partial charge is 0.0572 e. The van der Waals surface area contributed by atoms with Crippen molar-refractivity contribution in [2.24, 2.45) is 0 Å². The molecule has 1 fully saturated rings. The van der Waals surface area contributed by atoms with Gasteiger partial charge < -0.3 is 15.1 Å². The van der Waals surface area contributed by atoms with Crippen molar-refractivity contribution < 1.29 is 0 Å². The molecule has 1 aromatic heterocycles. The summed E-state index contributed by atoms with van der Waals surface area (Å²) in [7, 11) is 4.40. The van der Waals surface area contributed by atoms with Crippen LogP contribution in [0.3, 0.4) is 0 Å². The lowest BCUT2D eigenvalue weighted by Gasteiger charge is -2.36. The average molecular weight is 276 g/mol. The second-order valence-corrected chi connectivity index (χ2v) is 5.87. The first-order chi connectivity index (χ1) is 9.61. The Bertz CT molecular complexity index is 395. The van der Waals surface area contributed by atoms with Gasteiger partial charge in [0.2, 0.25) is 0 Å². The van der Waals surface area contributed by atoms with Gasteiger partial charge in [0, 0.05) is 19.1 Å². The van der Waals surface area contributed by atoms with Crippen LogP contribution in [-0.2, 0) is 0 Å². The maximum absolute atomic E-state index is 4.61. The number of aromatic nitrogens is 1. The number of hydrogen-bond donors (Lipinski definition) is 1. The van der Waals surface area contributed by atoms with Crippen LogP contribution in [0.1, 0.15) is 38.4 Å². The molecule has 1 aliphatic rings. The maximum Gasteiger partial charge on any atom is 0.0572 e. The van der Waals surface area contributed by atoms with Gasteiger partial charge in [0.25, 0.3) is 0 Å². The molecule has 1 saturated heterocycles. The molecule has 20 heavy (non-hydrogen) atoms. The van der Waals surface area contributed by atoms with E-state index in [1.807, 2.05) is 6.20 Å². The van der Waals surface area contributed by atoms with Crippen LogP contribution in [0.2, 0.25) is 0 Å². The van der Waals surface area contributed by atoms with Crippen LogP contribution in [0, 0.1) is 0 Å². The second-order valence-electron chi connectivity index (χ2n) is 5.87. The maximum atomic E-state index is 4.61. The van der Waals surface area contributed by atoms with Crippen molar-refractivity contribution in [3.63, 3.8) is 0 Å². The highest BCUT2D eigenvalue weighted by Crippen LogP contribution is 2.22. The van der Waals surface area contributed by atoms with Crippen LogP contribution in [-0.4, -0.2) is 49.7 Å². The van der Waals surface area contributed by atoms with E-state index in [9.17, 15) is 0 Å². The SMILES string of the molecule is CCNC(C)c1ccc(N(C)C2CCN(C)CC2)cn1. The molecule has 4 heteroatoms. The van der Waals surface area contributed by atoms with Gasteiger partial charge in [-0.3, -0.25) is 4.98 Å². The number of nitrogens with zero attached hydrogens (tertiary/aromatic N) is 3. The van der Waals surface area contributed by atoms with Crippen molar-refractivity contribution in [2.45, 2.75) is 38.8 Å². The molecule has 1 unspecified atom stereocenters. The molecule has 1 atom stereocenters. The molecule has 0 bridgehead atoms. The summed E-state index contributed by atoms with van der Waals surface area (Å²) in [5, 5.41) is 3.40. The lowest BCUT2D eigenvalue weighted by atomic mass is 10.0. The Hall–Kier alpha value is -1.13. The first kappa shape index (κ1) is 15.3. The highest BCUT2D eigenvalue weighted by atomic mass is 15.2. The monoisotopic (exact) mass is 276 g/mol. The number of likely N-dealkylation sites (tertiary alicyclic amines) is 1. The minimum absolute atomic E-state index is 0.322. The van der Waals surface area contributed by atoms with Crippen LogP contribution in [0.5, 0.6) is 0 Å². The zero-order chi connectivity index (χ0) is 14.5. The summed E-state index contributed by atoms with van der Waals surface area (Å²) in [5.41, 5.74) is 2.35. The van der Waals surface area contributed by atoms with Crippen molar-refractivity contribution in [2.75, 3.05) is 38.6 Å². The van der Waals surface area contributed by atoms with Crippen LogP contribution in [0.25, 0.3) is 0 Å². The van der Waals surface area contributed by atoms with Gasteiger partial charge in [0.05, 0.1) is 17.6 Å². The Balaban J connectivity index is 1.98. The molecule has 1 N–H and O–H groups in total. The minimum Gasteiger partial charge on any atom is -0.370 e. The third kappa shape index (κ3) is 3.70. The largest absolute Gasteiger partial charge is 0.370 e. The van der Waals surface area contributed by atoms with Crippen molar-refractivity contribution in [1.82, 2.24) is 15.2 Å². The summed E-state index contributed by atoms with van der Waals surface area (Å²) >= 11 is 0. The van der Waals surface area contributed by atoms with Gasteiger partial charge in [-0.05, 0) is 58.6 Å². The fraction of sp³-hybridized carbons (Fsp3) is 0.688. The Kier molecular flexibility index (Phi) is 5.38. The number of piperidine rings is 1. The van der Waals surface area contributed by atoms with Gasteiger partial charge in [0.15, 0.2) is 0 Å². The fourth-order valence-electron chi connectivity index (χ4n) is 2.87. The van der Waals surface area contributed by atoms with Gasteiger partial charge in [0.1, 0.15) is 0 Å². The molecular weight excluding hydrogens is 248 g/mol. The summed E-state index contributed by atoms with van der Waals surface area (Å²) in [5.74, 6) is 0. The Labute approximate surface area is 123 Å². The zero-order valence-electron chi connectivity index (χ0n) is 13.3. The topological polar surface area (TPSA) is 31.4 Å². The third-order valence-corrected chi connectivity index (χ3v) is 4.37. The van der Waals surface area contributed by atoms with E-state index in [-0.39, 0.29) is 0 Å². The van der Waals surface area contributed by atoms with E-state index < -0.39 is 0 Å². The van der Waals surface area contributed by atoms with E-state index in [0.717, 1.165) is 12.2 Å². The van der Waals surface area contributed by atoms with Crippen LogP contribution < -0.4 is 10.2 Å². The highest BCUT2D eigenvalue weighted by molar-refractivity contribution is 5.45. The van der Waals surface area contributed by atoms with Gasteiger partial charge in [-0.15, -0.1) is 0 Å². The van der Waals surface area contributed by atoms with Crippen molar-refractivity contribution in [3.8, 4) is 0 Å². The summed E-state index contributed by atoms with van der Waals surface area (Å²) in [6.07, 6.45) is 4.49. The quantitative estimate of drug-likeness (QED) is 0.894. The lowest BCUT2D eigenvalue weighted by molar-refractivity contribution is 0.253. The average Bonchev–Trinajstić information content (AvgIpc) is 2.48. The van der Waals surface area contributed by atoms with Crippen LogP contribution >= 0.6 is 0 Å². The third-order valence-electron chi connectivity index (χ3n) is 4.37. The summed E-state index contributed by atoms with van der Waals surface area (Å²) < 4.78 is 0. The van der Waals surface area contributed by atoms with E-state index in [4.69, 9.17) is 0 Å². The molecule has 1 aliphatic heterocycles. The first-order valence-electron chi connectivity index (χ1n) is 7.72. The summed E-state index contributed by atoms with van der Waals surface area (Å²) in [4.78, 5) is 9.41. The Morgan fingerprint density at radius 1 is 1.40 bits per heavy atom. The minimum atomic E-state index is 0.322. The van der Waals surface area contributed by atoms with Crippen molar-refractivity contribution in [3.05, 3.63) is 24.0 Å². The van der Waals surface area contributed by atoms with E-state index >= 15 is 0 Å². The number of nitrogens with one attached hydrogen (secondary N) is 1. The normalized spacial score (nSPS) is 19.0. The van der Waals surface area contributed by atoms with E-state index in [1.165, 1.54) is 31.6 Å². The van der Waals surface area contributed by atoms with Gasteiger partial charge >= 0.3 is 0 Å². The highest BCUT2D eigenvalue weighted by Gasteiger charge is 2.21. The van der Waals surface area contributed by atoms with E-state index in [1.54, 1.807) is 0 Å². The molecule has 112 valence electrons. The zero-order valence-corrected chi connectivity index (χ0v) is 13.3. The molecule has 2 rings (SSSR count). The molecule has 0 saturated carbocycles. The predicted octanol–water partition coefficient (Wildman–Crippen LogP) is 2.28. The van der Waals surface area contributed by atoms with Crippen molar-refractivity contribution >= 4 is 5.69 Å². The first-order valence-corrected chi connectivity index (χ1v) is 7.72. The molecule has 0 spiro atoms. The number of rotatable bonds is 5. The van der Waals surface area contributed by atoms with Crippen LogP contribution in [0.15, 0.2) is 18.3 Å². The number of pyridine rings is 1. The molecule has 0 radical (unpaired) electrons. The van der Waals surface area contributed by atoms with E-state index in [2.05, 4.69) is 60.2 Å². The lowest BCUT2D eigenvalue weighted by Crippen LogP contribution is -2.42. The summed E-state index contributed by atoms with van der Waals surface area (Å²) in [6, 6.07) is 5.32. The number of hydrogen-bond acceptors (Lipinski definition) is 4. The molecular formula is C16H28N4. The Morgan fingerprint density at radius 3 is 2.65 bits per heavy atom. The molecule has 1 aromatic rings. The fourth-order valence-corrected chi connectivity index (χ4v) is 2.87.